The summed E-state index contributed by atoms with van der Waals surface area (Å²) in [6, 6.07) is 8.28. The van der Waals surface area contributed by atoms with E-state index >= 15 is 0 Å². The van der Waals surface area contributed by atoms with Crippen molar-refractivity contribution < 1.29 is 0 Å². The highest BCUT2D eigenvalue weighted by Gasteiger charge is 2.16. The molecule has 2 heteroatoms. The summed E-state index contributed by atoms with van der Waals surface area (Å²) < 4.78 is 0. The van der Waals surface area contributed by atoms with Gasteiger partial charge in [-0.1, -0.05) is 39.8 Å². The van der Waals surface area contributed by atoms with Gasteiger partial charge >= 0.3 is 0 Å². The molecule has 0 amide bonds. The van der Waals surface area contributed by atoms with E-state index in [0.29, 0.717) is 11.8 Å². The molecular formula is C16H24N2. The minimum absolute atomic E-state index is 0.592. The number of benzene rings is 1. The molecule has 1 aromatic carbocycles. The summed E-state index contributed by atoms with van der Waals surface area (Å²) in [5, 5.41) is 9.28. The minimum atomic E-state index is 0.592. The van der Waals surface area contributed by atoms with Gasteiger partial charge in [-0.25, -0.2) is 0 Å². The van der Waals surface area contributed by atoms with Gasteiger partial charge in [0.2, 0.25) is 0 Å². The zero-order chi connectivity index (χ0) is 13.7. The first kappa shape index (κ1) is 14.6. The topological polar surface area (TPSA) is 27.0 Å². The quantitative estimate of drug-likeness (QED) is 0.783. The van der Waals surface area contributed by atoms with Gasteiger partial charge in [-0.05, 0) is 30.4 Å². The molecule has 0 spiro atoms. The molecule has 0 aromatic heterocycles. The molecule has 0 aliphatic heterocycles. The molecule has 18 heavy (non-hydrogen) atoms. The second-order valence-corrected chi connectivity index (χ2v) is 5.78. The van der Waals surface area contributed by atoms with Crippen molar-refractivity contribution in [1.29, 1.82) is 5.26 Å². The fourth-order valence-corrected chi connectivity index (χ4v) is 2.31. The number of hydrogen-bond acceptors (Lipinski definition) is 2. The number of hydrogen-bond donors (Lipinski definition) is 0. The lowest BCUT2D eigenvalue weighted by molar-refractivity contribution is 0.552. The summed E-state index contributed by atoms with van der Waals surface area (Å²) in [4.78, 5) is 2.36. The molecule has 0 radical (unpaired) electrons. The van der Waals surface area contributed by atoms with E-state index in [4.69, 9.17) is 0 Å². The molecule has 98 valence electrons. The fraction of sp³-hybridized carbons (Fsp3) is 0.562. The second kappa shape index (κ2) is 6.44. The van der Waals surface area contributed by atoms with Gasteiger partial charge in [0, 0.05) is 13.1 Å². The highest BCUT2D eigenvalue weighted by atomic mass is 15.1. The van der Waals surface area contributed by atoms with Gasteiger partial charge in [0.1, 0.15) is 6.07 Å². The third-order valence-corrected chi connectivity index (χ3v) is 2.85. The highest BCUT2D eigenvalue weighted by molar-refractivity contribution is 5.64. The molecule has 0 heterocycles. The third kappa shape index (κ3) is 3.77. The van der Waals surface area contributed by atoms with E-state index in [9.17, 15) is 5.26 Å². The van der Waals surface area contributed by atoms with Crippen LogP contribution in [0.25, 0.3) is 0 Å². The Bertz CT molecular complexity index is 417. The largest absolute Gasteiger partial charge is 0.370 e. The molecule has 1 aromatic rings. The lowest BCUT2D eigenvalue weighted by Gasteiger charge is -2.30. The van der Waals surface area contributed by atoms with E-state index in [1.54, 1.807) is 0 Å². The maximum absolute atomic E-state index is 9.28. The molecule has 0 N–H and O–H groups in total. The first-order chi connectivity index (χ1) is 8.45. The Hall–Kier alpha value is -1.49. The number of nitriles is 1. The molecule has 0 atom stereocenters. The summed E-state index contributed by atoms with van der Waals surface area (Å²) >= 11 is 0. The fourth-order valence-electron chi connectivity index (χ4n) is 2.31. The number of anilines is 1. The van der Waals surface area contributed by atoms with E-state index in [-0.39, 0.29) is 0 Å². The van der Waals surface area contributed by atoms with E-state index in [1.807, 2.05) is 12.1 Å². The van der Waals surface area contributed by atoms with Crippen LogP contribution in [0.1, 0.15) is 38.8 Å². The van der Waals surface area contributed by atoms with Gasteiger partial charge in [-0.15, -0.1) is 0 Å². The van der Waals surface area contributed by atoms with Crippen molar-refractivity contribution in [2.45, 2.75) is 34.6 Å². The van der Waals surface area contributed by atoms with Crippen LogP contribution in [0.4, 0.5) is 5.69 Å². The Morgan fingerprint density at radius 1 is 1.11 bits per heavy atom. The van der Waals surface area contributed by atoms with Gasteiger partial charge in [0.15, 0.2) is 0 Å². The van der Waals surface area contributed by atoms with Crippen molar-refractivity contribution >= 4 is 5.69 Å². The number of nitrogens with zero attached hydrogens (tertiary/aromatic N) is 2. The lowest BCUT2D eigenvalue weighted by Crippen LogP contribution is -2.32. The van der Waals surface area contributed by atoms with Crippen LogP contribution < -0.4 is 4.90 Å². The van der Waals surface area contributed by atoms with E-state index < -0.39 is 0 Å². The third-order valence-electron chi connectivity index (χ3n) is 2.85. The predicted octanol–water partition coefficient (Wildman–Crippen LogP) is 3.99. The molecule has 0 saturated carbocycles. The van der Waals surface area contributed by atoms with Crippen molar-refractivity contribution in [1.82, 2.24) is 0 Å². The first-order valence-corrected chi connectivity index (χ1v) is 6.70. The van der Waals surface area contributed by atoms with Crippen LogP contribution >= 0.6 is 0 Å². The number of rotatable bonds is 5. The zero-order valence-corrected chi connectivity index (χ0v) is 12.2. The maximum Gasteiger partial charge on any atom is 0.101 e. The zero-order valence-electron chi connectivity index (χ0n) is 12.2. The average molecular weight is 244 g/mol. The Morgan fingerprint density at radius 3 is 2.11 bits per heavy atom. The van der Waals surface area contributed by atoms with Crippen molar-refractivity contribution in [3.05, 3.63) is 29.3 Å². The molecule has 0 saturated heterocycles. The molecule has 0 aliphatic rings. The van der Waals surface area contributed by atoms with Crippen LogP contribution in [-0.4, -0.2) is 13.1 Å². The molecule has 0 fully saturated rings. The Kier molecular flexibility index (Phi) is 5.22. The van der Waals surface area contributed by atoms with Crippen LogP contribution in [0.2, 0.25) is 0 Å². The summed E-state index contributed by atoms with van der Waals surface area (Å²) in [6.07, 6.45) is 0. The summed E-state index contributed by atoms with van der Waals surface area (Å²) in [5.74, 6) is 1.18. The Morgan fingerprint density at radius 2 is 1.67 bits per heavy atom. The minimum Gasteiger partial charge on any atom is -0.370 e. The maximum atomic E-state index is 9.28. The average Bonchev–Trinajstić information content (AvgIpc) is 2.26. The SMILES string of the molecule is Cc1cccc(C#N)c1N(CC(C)C)CC(C)C. The molecule has 2 nitrogen and oxygen atoms in total. The van der Waals surface area contributed by atoms with Crippen LogP contribution in [0.3, 0.4) is 0 Å². The van der Waals surface area contributed by atoms with Crippen LogP contribution in [0.15, 0.2) is 18.2 Å². The summed E-state index contributed by atoms with van der Waals surface area (Å²) in [6.45, 7) is 13.0. The predicted molar refractivity (Wildman–Crippen MR) is 77.8 cm³/mol. The molecule has 0 aliphatic carbocycles. The number of aryl methyl sites for hydroxylation is 1. The second-order valence-electron chi connectivity index (χ2n) is 5.78. The van der Waals surface area contributed by atoms with Crippen LogP contribution in [-0.2, 0) is 0 Å². The van der Waals surface area contributed by atoms with Gasteiger partial charge in [-0.3, -0.25) is 0 Å². The van der Waals surface area contributed by atoms with Crippen LogP contribution in [0.5, 0.6) is 0 Å². The van der Waals surface area contributed by atoms with Crippen molar-refractivity contribution in [3.8, 4) is 6.07 Å². The first-order valence-electron chi connectivity index (χ1n) is 6.70. The highest BCUT2D eigenvalue weighted by Crippen LogP contribution is 2.26. The molecule has 0 unspecified atom stereocenters. The summed E-state index contributed by atoms with van der Waals surface area (Å²) in [7, 11) is 0. The smallest absolute Gasteiger partial charge is 0.101 e. The normalized spacial score (nSPS) is 10.8. The molecular weight excluding hydrogens is 220 g/mol. The lowest BCUT2D eigenvalue weighted by atomic mass is 10.0. The van der Waals surface area contributed by atoms with E-state index in [2.05, 4.69) is 51.7 Å². The van der Waals surface area contributed by atoms with Gasteiger partial charge in [0.05, 0.1) is 11.3 Å². The standard InChI is InChI=1S/C16H24N2/c1-12(2)10-18(11-13(3)4)16-14(5)7-6-8-15(16)9-17/h6-8,12-13H,10-11H2,1-5H3. The Labute approximate surface area is 111 Å². The Balaban J connectivity index is 3.15. The van der Waals surface area contributed by atoms with Gasteiger partial charge in [-0.2, -0.15) is 5.26 Å². The van der Waals surface area contributed by atoms with Gasteiger partial charge < -0.3 is 4.90 Å². The van der Waals surface area contributed by atoms with E-state index in [1.165, 1.54) is 5.56 Å². The van der Waals surface area contributed by atoms with Crippen LogP contribution in [0, 0.1) is 30.1 Å². The van der Waals surface area contributed by atoms with Crippen molar-refractivity contribution in [3.63, 3.8) is 0 Å². The van der Waals surface area contributed by atoms with E-state index in [0.717, 1.165) is 24.3 Å². The number of para-hydroxylation sites is 1. The molecule has 1 rings (SSSR count). The van der Waals surface area contributed by atoms with Gasteiger partial charge in [0.25, 0.3) is 0 Å². The summed E-state index contributed by atoms with van der Waals surface area (Å²) in [5.41, 5.74) is 3.09. The van der Waals surface area contributed by atoms with Crippen molar-refractivity contribution in [2.75, 3.05) is 18.0 Å². The molecule has 0 bridgehead atoms. The monoisotopic (exact) mass is 244 g/mol. The van der Waals surface area contributed by atoms with Crippen molar-refractivity contribution in [2.24, 2.45) is 11.8 Å².